The van der Waals surface area contributed by atoms with Crippen molar-refractivity contribution in [3.63, 3.8) is 0 Å². The Morgan fingerprint density at radius 3 is 0.992 bits per heavy atom. The quantitative estimate of drug-likeness (QED) is 0.0306. The van der Waals surface area contributed by atoms with E-state index in [4.69, 9.17) is 90.0 Å². The third-order valence-corrected chi connectivity index (χ3v) is 22.4. The van der Waals surface area contributed by atoms with Gasteiger partial charge >= 0.3 is 0 Å². The maximum absolute atomic E-state index is 13.4. The second-order valence-electron chi connectivity index (χ2n) is 31.0. The third kappa shape index (κ3) is 22.2. The molecule has 10 heterocycles. The molecule has 706 valence electrons. The van der Waals surface area contributed by atoms with Gasteiger partial charge in [0.1, 0.15) is 238 Å². The third-order valence-electron chi connectivity index (χ3n) is 22.4. The average molecular weight is 1790 g/mol. The van der Waals surface area contributed by atoms with Gasteiger partial charge in [-0.3, -0.25) is 19.2 Å². The van der Waals surface area contributed by atoms with Crippen molar-refractivity contribution in [2.45, 2.75) is 341 Å². The summed E-state index contributed by atoms with van der Waals surface area (Å²) < 4.78 is 115. The highest BCUT2D eigenvalue weighted by molar-refractivity contribution is 5.74. The Hall–Kier alpha value is -3.96. The molecule has 54 heteroatoms. The van der Waals surface area contributed by atoms with Crippen molar-refractivity contribution in [3.8, 4) is 0 Å². The highest BCUT2D eigenvalue weighted by atomic mass is 16.8. The minimum Gasteiger partial charge on any atom is -0.394 e. The summed E-state index contributed by atoms with van der Waals surface area (Å²) in [4.78, 5) is 51.8. The van der Waals surface area contributed by atoms with E-state index >= 15 is 0 Å². The van der Waals surface area contributed by atoms with Gasteiger partial charge in [0, 0.05) is 27.7 Å². The lowest BCUT2D eigenvalue weighted by Gasteiger charge is -2.52. The highest BCUT2D eigenvalue weighted by Crippen LogP contribution is 2.41. The Balaban J connectivity index is 1.08. The van der Waals surface area contributed by atoms with Crippen LogP contribution >= 0.6 is 0 Å². The van der Waals surface area contributed by atoms with Crippen LogP contribution in [0.1, 0.15) is 34.6 Å². The smallest absolute Gasteiger partial charge is 0.217 e. The molecule has 10 fully saturated rings. The molecule has 0 radical (unpaired) electrons. The summed E-state index contributed by atoms with van der Waals surface area (Å²) >= 11 is 0. The van der Waals surface area contributed by atoms with Crippen LogP contribution in [-0.2, 0) is 109 Å². The summed E-state index contributed by atoms with van der Waals surface area (Å²) in [5.74, 6) is -3.81. The van der Waals surface area contributed by atoms with Crippen LogP contribution in [0.25, 0.3) is 0 Å². The van der Waals surface area contributed by atoms with Crippen molar-refractivity contribution in [1.82, 2.24) is 21.3 Å². The molecule has 4 amide bonds. The highest BCUT2D eigenvalue weighted by Gasteiger charge is 2.62. The van der Waals surface area contributed by atoms with E-state index in [1.165, 1.54) is 6.92 Å². The predicted octanol–water partition coefficient (Wildman–Crippen LogP) is -21.2. The van der Waals surface area contributed by atoms with Crippen molar-refractivity contribution in [2.75, 3.05) is 59.5 Å². The van der Waals surface area contributed by atoms with Crippen LogP contribution in [0, 0.1) is 0 Å². The van der Waals surface area contributed by atoms with Gasteiger partial charge in [-0.05, 0) is 6.92 Å². The van der Waals surface area contributed by atoms with Crippen LogP contribution in [0.5, 0.6) is 0 Å². The second kappa shape index (κ2) is 43.6. The standard InChI is InChI=1S/C68H114N4O50/c1-15-33(83)44(94)48(98)63(107-15)105-13-27-54(42(92)29(59(103)108-27)69-16(2)79)117-62-32(72-19(5)82)43(93)53(25(11-78)114-62)118-67-52(102)57(121-68-58(47(97)38(88)24(10-77)113-68)122-61-31(71-18(4)81)41(91)35(85)21(7-74)110-61)55(119-60-30(70-17(3)80)40(90)34(84)20(6-73)109-60)28(116-67)14-106-65-51(101)56(120-66-50(100)46(96)37(87)23(9-76)112-66)39(89)26(115-65)12-104-64-49(99)45(95)36(86)22(8-75)111-64/h15,20-68,73-78,83-103H,6-14H2,1-5H3,(H,69,79)(H,70,80)(H,71,81)(H,72,82)/t15-,20+,21+,22+,23+,24+,25+,26+,27+,28+,29+,30+,31+,32+,33+,34+,35+,36+,37+,38+,39+,40+,41+,42+,43+,44+,45-,46-,47-,48-,49-,50-,51-,52-,53+,54+,55+,56-,57+,58-,59?,60-,61-,62-,63+,64-,65-,66+,67-,68+/m0/s1. The van der Waals surface area contributed by atoms with Gasteiger partial charge in [0.15, 0.2) is 62.9 Å². The number of hydrogen-bond acceptors (Lipinski definition) is 50. The van der Waals surface area contributed by atoms with Gasteiger partial charge in [-0.15, -0.1) is 0 Å². The normalized spacial score (nSPS) is 49.7. The number of aliphatic hydroxyl groups excluding tert-OH is 27. The number of nitrogens with one attached hydrogen (secondary N) is 4. The molecule has 10 aliphatic heterocycles. The van der Waals surface area contributed by atoms with Gasteiger partial charge in [0.25, 0.3) is 0 Å². The number of amides is 4. The molecule has 0 aliphatic carbocycles. The fourth-order valence-electron chi connectivity index (χ4n) is 15.7. The van der Waals surface area contributed by atoms with E-state index in [1.807, 2.05) is 0 Å². The van der Waals surface area contributed by atoms with E-state index in [0.717, 1.165) is 27.7 Å². The molecule has 31 N–H and O–H groups in total. The van der Waals surface area contributed by atoms with Gasteiger partial charge in [-0.25, -0.2) is 0 Å². The Labute approximate surface area is 691 Å². The first-order chi connectivity index (χ1) is 57.6. The second-order valence-corrected chi connectivity index (χ2v) is 31.0. The summed E-state index contributed by atoms with van der Waals surface area (Å²) in [6.07, 6.45) is -98.3. The van der Waals surface area contributed by atoms with Crippen LogP contribution < -0.4 is 21.3 Å². The molecule has 0 aromatic carbocycles. The number of carbonyl (C=O) groups excluding carboxylic acids is 4. The van der Waals surface area contributed by atoms with Crippen LogP contribution in [-0.4, -0.2) is 528 Å². The van der Waals surface area contributed by atoms with Gasteiger partial charge in [-0.1, -0.05) is 0 Å². The summed E-state index contributed by atoms with van der Waals surface area (Å²) in [6.45, 7) is -5.15. The van der Waals surface area contributed by atoms with Gasteiger partial charge in [-0.2, -0.15) is 0 Å². The Morgan fingerprint density at radius 2 is 0.516 bits per heavy atom. The van der Waals surface area contributed by atoms with Crippen molar-refractivity contribution in [2.24, 2.45) is 0 Å². The molecule has 10 aliphatic rings. The van der Waals surface area contributed by atoms with E-state index in [9.17, 15) is 157 Å². The van der Waals surface area contributed by atoms with Crippen LogP contribution in [0.4, 0.5) is 0 Å². The Morgan fingerprint density at radius 1 is 0.230 bits per heavy atom. The van der Waals surface area contributed by atoms with Gasteiger partial charge in [0.2, 0.25) is 23.6 Å². The lowest BCUT2D eigenvalue weighted by atomic mass is 9.93. The fourth-order valence-corrected chi connectivity index (χ4v) is 15.7. The first-order valence-corrected chi connectivity index (χ1v) is 39.0. The van der Waals surface area contributed by atoms with Crippen molar-refractivity contribution >= 4 is 23.6 Å². The molecule has 1 unspecified atom stereocenters. The Bertz CT molecular complexity index is 3290. The van der Waals surface area contributed by atoms with Crippen molar-refractivity contribution < 1.29 is 247 Å². The van der Waals surface area contributed by atoms with Gasteiger partial charge in [0.05, 0.1) is 65.6 Å². The van der Waals surface area contributed by atoms with Crippen molar-refractivity contribution in [3.05, 3.63) is 0 Å². The maximum Gasteiger partial charge on any atom is 0.217 e. The summed E-state index contributed by atoms with van der Waals surface area (Å²) in [5.41, 5.74) is 0. The minimum atomic E-state index is -2.75. The zero-order chi connectivity index (χ0) is 89.8. The van der Waals surface area contributed by atoms with E-state index in [-0.39, 0.29) is 0 Å². The molecule has 0 aromatic rings. The lowest BCUT2D eigenvalue weighted by Crippen LogP contribution is -2.71. The van der Waals surface area contributed by atoms with Gasteiger partial charge < -0.3 is 249 Å². The molecule has 0 saturated carbocycles. The summed E-state index contributed by atoms with van der Waals surface area (Å²) in [6, 6.07) is -7.78. The molecule has 0 spiro atoms. The number of hydrogen-bond donors (Lipinski definition) is 31. The average Bonchev–Trinajstić information content (AvgIpc) is 0.641. The molecule has 0 aromatic heterocycles. The molecule has 54 nitrogen and oxygen atoms in total. The first kappa shape index (κ1) is 100. The predicted molar refractivity (Wildman–Crippen MR) is 375 cm³/mol. The lowest BCUT2D eigenvalue weighted by molar-refractivity contribution is -0.407. The van der Waals surface area contributed by atoms with Crippen LogP contribution in [0.3, 0.4) is 0 Å². The van der Waals surface area contributed by atoms with E-state index in [2.05, 4.69) is 21.3 Å². The van der Waals surface area contributed by atoms with Crippen LogP contribution in [0.15, 0.2) is 0 Å². The molecule has 0 bridgehead atoms. The maximum atomic E-state index is 13.4. The molecule has 10 rings (SSSR count). The minimum absolute atomic E-state index is 0.863. The number of carbonyl (C=O) groups is 4. The monoisotopic (exact) mass is 1790 g/mol. The van der Waals surface area contributed by atoms with E-state index < -0.39 is 390 Å². The largest absolute Gasteiger partial charge is 0.394 e. The number of rotatable bonds is 31. The van der Waals surface area contributed by atoms with Crippen LogP contribution in [0.2, 0.25) is 0 Å². The molecule has 10 saturated heterocycles. The zero-order valence-electron chi connectivity index (χ0n) is 65.7. The summed E-state index contributed by atoms with van der Waals surface area (Å²) in [7, 11) is 0. The molecule has 50 atom stereocenters. The molecular weight excluding hydrogens is 1670 g/mol. The SMILES string of the molecule is CC(=O)N[C@H]1[C@H](O[C@H]2[C@H](O)[C@@H](NC(C)=O)C(O)O[C@@H]2CO[C@@H]2O[C@@H](C)[C@@H](O)[C@@H](O)[C@@H]2O)O[C@H](CO)[C@@H](O[C@@H]2O[C@H](CO[C@H]3O[C@H](CO[C@H]4O[C@H](CO)[C@@H](O)[C@H](O)[C@@H]4O)[C@@H](O)[C@H](O[C@H]4O[C@H](CO)[C@@H](O)[C@H](O)[C@@H]4O)[C@@H]3O)[C@@H](O[C@@H]3O[C@H](CO)[C@@H](O)[C@H](O)[C@H]3NC(C)=O)[C@H](O[C@H]3O[C@H](CO)[C@@H](O)[C@H](O)[C@@H]3O[C@@H]3O[C@H](CO)[C@@H](O)[C@H](O)[C@H]3NC(C)=O)[C@@H]2O)[C@@H]1O. The Kier molecular flexibility index (Phi) is 35.8. The fraction of sp³-hybridized carbons (Fsp3) is 0.941. The van der Waals surface area contributed by atoms with E-state index in [1.54, 1.807) is 0 Å². The molecule has 122 heavy (non-hydrogen) atoms. The first-order valence-electron chi connectivity index (χ1n) is 39.0. The van der Waals surface area contributed by atoms with E-state index in [0.29, 0.717) is 0 Å². The zero-order valence-corrected chi connectivity index (χ0v) is 65.7. The van der Waals surface area contributed by atoms with Crippen molar-refractivity contribution in [1.29, 1.82) is 0 Å². The molecular formula is C68H114N4O50. The number of aliphatic hydroxyl groups is 27. The number of ether oxygens (including phenoxy) is 19. The summed E-state index contributed by atoms with van der Waals surface area (Å²) in [5, 5.41) is 312. The topological polar surface area (TPSA) is 838 Å².